The van der Waals surface area contributed by atoms with E-state index in [1.165, 1.54) is 4.90 Å². The van der Waals surface area contributed by atoms with Gasteiger partial charge in [-0.2, -0.15) is 0 Å². The molecular weight excluding hydrogens is 436 g/mol. The quantitative estimate of drug-likeness (QED) is 0.655. The van der Waals surface area contributed by atoms with Crippen LogP contribution in [0.25, 0.3) is 11.1 Å². The summed E-state index contributed by atoms with van der Waals surface area (Å²) in [5.41, 5.74) is 3.98. The van der Waals surface area contributed by atoms with Gasteiger partial charge >= 0.3 is 5.97 Å². The molecule has 4 rings (SSSR count). The summed E-state index contributed by atoms with van der Waals surface area (Å²) in [5, 5.41) is 12.7. The van der Waals surface area contributed by atoms with E-state index in [1.807, 2.05) is 56.3 Å². The third-order valence-electron chi connectivity index (χ3n) is 6.55. The SMILES string of the molecule is CC(C)C(=S)C(=O)N[C@H]1Cc2ccc(-c3ccccc3)cc2[C@H]2CCC[C@@H](C(=O)O)N2C1=O. The summed E-state index contributed by atoms with van der Waals surface area (Å²) in [6, 6.07) is 13.9. The van der Waals surface area contributed by atoms with Crippen molar-refractivity contribution in [3.8, 4) is 11.1 Å². The van der Waals surface area contributed by atoms with E-state index in [2.05, 4.69) is 11.4 Å². The first-order valence-corrected chi connectivity index (χ1v) is 11.8. The minimum absolute atomic E-state index is 0.129. The van der Waals surface area contributed by atoms with Gasteiger partial charge < -0.3 is 15.3 Å². The Balaban J connectivity index is 1.78. The van der Waals surface area contributed by atoms with Crippen LogP contribution >= 0.6 is 12.2 Å². The summed E-state index contributed by atoms with van der Waals surface area (Å²) in [7, 11) is 0. The average molecular weight is 465 g/mol. The number of piperidine rings is 1. The van der Waals surface area contributed by atoms with E-state index in [0.717, 1.165) is 28.7 Å². The molecule has 6 nitrogen and oxygen atoms in total. The Kier molecular flexibility index (Phi) is 6.61. The molecule has 2 aromatic carbocycles. The van der Waals surface area contributed by atoms with Crippen molar-refractivity contribution in [1.29, 1.82) is 0 Å². The molecule has 7 heteroatoms. The summed E-state index contributed by atoms with van der Waals surface area (Å²) in [4.78, 5) is 40.2. The normalized spacial score (nSPS) is 22.2. The summed E-state index contributed by atoms with van der Waals surface area (Å²) in [6.07, 6.45) is 2.10. The fraction of sp³-hybridized carbons (Fsp3) is 0.385. The zero-order valence-corrected chi connectivity index (χ0v) is 19.6. The lowest BCUT2D eigenvalue weighted by atomic mass is 9.87. The Labute approximate surface area is 199 Å². The van der Waals surface area contributed by atoms with Crippen molar-refractivity contribution in [2.75, 3.05) is 0 Å². The van der Waals surface area contributed by atoms with Crippen LogP contribution < -0.4 is 5.32 Å². The van der Waals surface area contributed by atoms with E-state index in [9.17, 15) is 19.5 Å². The molecule has 2 aliphatic heterocycles. The second-order valence-electron chi connectivity index (χ2n) is 9.07. The fourth-order valence-electron chi connectivity index (χ4n) is 4.85. The molecule has 172 valence electrons. The number of carboxylic acids is 1. The highest BCUT2D eigenvalue weighted by molar-refractivity contribution is 7.82. The summed E-state index contributed by atoms with van der Waals surface area (Å²) in [5.74, 6) is -1.94. The highest BCUT2D eigenvalue weighted by Gasteiger charge is 2.44. The van der Waals surface area contributed by atoms with E-state index >= 15 is 0 Å². The van der Waals surface area contributed by atoms with E-state index in [0.29, 0.717) is 19.3 Å². The number of benzene rings is 2. The number of rotatable bonds is 5. The molecule has 2 N–H and O–H groups in total. The maximum Gasteiger partial charge on any atom is 0.326 e. The third kappa shape index (κ3) is 4.55. The van der Waals surface area contributed by atoms with Gasteiger partial charge in [0.25, 0.3) is 5.91 Å². The number of carboxylic acid groups (broad SMARTS) is 1. The monoisotopic (exact) mass is 464 g/mol. The number of carbonyl (C=O) groups excluding carboxylic acids is 2. The highest BCUT2D eigenvalue weighted by atomic mass is 32.1. The Bertz CT molecular complexity index is 1100. The first-order chi connectivity index (χ1) is 15.8. The number of thiocarbonyl (C=S) groups is 1. The molecular formula is C26H28N2O4S. The van der Waals surface area contributed by atoms with Crippen molar-refractivity contribution in [1.82, 2.24) is 10.2 Å². The molecule has 0 bridgehead atoms. The molecule has 1 saturated heterocycles. The summed E-state index contributed by atoms with van der Waals surface area (Å²) in [6.45, 7) is 3.66. The highest BCUT2D eigenvalue weighted by Crippen LogP contribution is 2.40. The number of carbonyl (C=O) groups is 3. The Morgan fingerprint density at radius 3 is 2.48 bits per heavy atom. The zero-order valence-electron chi connectivity index (χ0n) is 18.8. The maximum absolute atomic E-state index is 13.7. The van der Waals surface area contributed by atoms with Crippen LogP contribution in [0.15, 0.2) is 48.5 Å². The van der Waals surface area contributed by atoms with Gasteiger partial charge in [-0.15, -0.1) is 0 Å². The van der Waals surface area contributed by atoms with Gasteiger partial charge in [0, 0.05) is 6.42 Å². The maximum atomic E-state index is 13.7. The van der Waals surface area contributed by atoms with Crippen molar-refractivity contribution < 1.29 is 19.5 Å². The number of hydrogen-bond donors (Lipinski definition) is 2. The van der Waals surface area contributed by atoms with Gasteiger partial charge in [0.15, 0.2) is 0 Å². The van der Waals surface area contributed by atoms with Gasteiger partial charge in [-0.05, 0) is 53.5 Å². The van der Waals surface area contributed by atoms with E-state index in [-0.39, 0.29) is 22.7 Å². The number of nitrogens with one attached hydrogen (secondary N) is 1. The second kappa shape index (κ2) is 9.43. The van der Waals surface area contributed by atoms with Crippen LogP contribution in [-0.2, 0) is 20.8 Å². The molecule has 33 heavy (non-hydrogen) atoms. The van der Waals surface area contributed by atoms with Crippen LogP contribution in [0.3, 0.4) is 0 Å². The summed E-state index contributed by atoms with van der Waals surface area (Å²) >= 11 is 5.24. The number of fused-ring (bicyclic) bond motifs is 3. The lowest BCUT2D eigenvalue weighted by molar-refractivity contribution is -0.156. The van der Waals surface area contributed by atoms with Gasteiger partial charge in [0.1, 0.15) is 12.1 Å². The lowest BCUT2D eigenvalue weighted by Crippen LogP contribution is -2.56. The van der Waals surface area contributed by atoms with Gasteiger partial charge in [-0.25, -0.2) is 4.79 Å². The van der Waals surface area contributed by atoms with Crippen molar-refractivity contribution in [3.05, 3.63) is 59.7 Å². The number of amides is 2. The van der Waals surface area contributed by atoms with Crippen molar-refractivity contribution in [2.45, 2.75) is 57.7 Å². The first kappa shape index (κ1) is 23.1. The zero-order chi connectivity index (χ0) is 23.7. The Hall–Kier alpha value is -3.06. The van der Waals surface area contributed by atoms with E-state index < -0.39 is 24.0 Å². The molecule has 2 aromatic rings. The first-order valence-electron chi connectivity index (χ1n) is 11.4. The van der Waals surface area contributed by atoms with Crippen LogP contribution in [0.2, 0.25) is 0 Å². The molecule has 0 unspecified atom stereocenters. The predicted octanol–water partition coefficient (Wildman–Crippen LogP) is 3.93. The van der Waals surface area contributed by atoms with Gasteiger partial charge in [0.2, 0.25) is 5.91 Å². The lowest BCUT2D eigenvalue weighted by Gasteiger charge is -2.40. The predicted molar refractivity (Wildman–Crippen MR) is 130 cm³/mol. The molecule has 1 fully saturated rings. The van der Waals surface area contributed by atoms with Crippen molar-refractivity contribution in [3.63, 3.8) is 0 Å². The van der Waals surface area contributed by atoms with E-state index in [1.54, 1.807) is 0 Å². The van der Waals surface area contributed by atoms with E-state index in [4.69, 9.17) is 12.2 Å². The smallest absolute Gasteiger partial charge is 0.326 e. The van der Waals surface area contributed by atoms with Gasteiger partial charge in [-0.1, -0.05) is 68.5 Å². The molecule has 0 aromatic heterocycles. The molecule has 2 amide bonds. The van der Waals surface area contributed by atoms with Crippen molar-refractivity contribution >= 4 is 34.9 Å². The molecule has 0 radical (unpaired) electrons. The van der Waals surface area contributed by atoms with Gasteiger partial charge in [-0.3, -0.25) is 9.59 Å². The largest absolute Gasteiger partial charge is 0.480 e. The number of hydrogen-bond acceptors (Lipinski definition) is 4. The fourth-order valence-corrected chi connectivity index (χ4v) is 4.91. The van der Waals surface area contributed by atoms with Gasteiger partial charge in [0.05, 0.1) is 10.9 Å². The van der Waals surface area contributed by atoms with Crippen LogP contribution in [-0.4, -0.2) is 44.7 Å². The third-order valence-corrected chi connectivity index (χ3v) is 7.21. The molecule has 0 aliphatic carbocycles. The summed E-state index contributed by atoms with van der Waals surface area (Å²) < 4.78 is 0. The molecule has 2 heterocycles. The minimum Gasteiger partial charge on any atom is -0.480 e. The molecule has 0 spiro atoms. The number of nitrogens with zero attached hydrogens (tertiary/aromatic N) is 1. The topological polar surface area (TPSA) is 86.7 Å². The second-order valence-corrected chi connectivity index (χ2v) is 9.51. The van der Waals surface area contributed by atoms with Crippen LogP contribution in [0.1, 0.15) is 50.3 Å². The molecule has 2 aliphatic rings. The Morgan fingerprint density at radius 2 is 1.82 bits per heavy atom. The molecule has 0 saturated carbocycles. The average Bonchev–Trinajstić information content (AvgIpc) is 2.93. The van der Waals surface area contributed by atoms with Crippen LogP contribution in [0.4, 0.5) is 0 Å². The minimum atomic E-state index is -1.02. The van der Waals surface area contributed by atoms with Crippen molar-refractivity contribution in [2.24, 2.45) is 5.92 Å². The Morgan fingerprint density at radius 1 is 1.09 bits per heavy atom. The van der Waals surface area contributed by atoms with Crippen LogP contribution in [0, 0.1) is 5.92 Å². The molecule has 3 atom stereocenters. The number of aliphatic carboxylic acids is 1. The van der Waals surface area contributed by atoms with Crippen LogP contribution in [0.5, 0.6) is 0 Å². The standard InChI is InChI=1S/C26H28N2O4S/c1-15(2)23(33)24(29)27-20-14-18-12-11-17(16-7-4-3-5-8-16)13-19(18)21-9-6-10-22(26(31)32)28(21)25(20)30/h3-5,7-8,11-13,15,20-22H,6,9-10,14H2,1-2H3,(H,27,29)(H,31,32)/t20-,21+,22-/m0/s1.